The monoisotopic (exact) mass is 254 g/mol. The van der Waals surface area contributed by atoms with E-state index < -0.39 is 0 Å². The van der Waals surface area contributed by atoms with Crippen LogP contribution >= 0.6 is 0 Å². The molecule has 3 nitrogen and oxygen atoms in total. The molecule has 0 aromatic rings. The summed E-state index contributed by atoms with van der Waals surface area (Å²) >= 11 is 0. The van der Waals surface area contributed by atoms with Crippen LogP contribution in [0.5, 0.6) is 0 Å². The molecule has 0 amide bonds. The second-order valence-electron chi connectivity index (χ2n) is 6.11. The highest BCUT2D eigenvalue weighted by atomic mass is 16.5. The number of likely N-dealkylation sites (N-methyl/N-ethyl adjacent to an activating group) is 1. The fraction of sp³-hybridized carbons (Fsp3) is 1.00. The molecule has 1 unspecified atom stereocenters. The van der Waals surface area contributed by atoms with Crippen molar-refractivity contribution in [3.05, 3.63) is 0 Å². The minimum Gasteiger partial charge on any atom is -0.377 e. The van der Waals surface area contributed by atoms with Crippen molar-refractivity contribution in [2.45, 2.75) is 51.0 Å². The molecule has 3 heteroatoms. The zero-order valence-electron chi connectivity index (χ0n) is 12.0. The molecular formula is C15H30N2O. The van der Waals surface area contributed by atoms with Gasteiger partial charge in [0.25, 0.3) is 0 Å². The molecule has 1 saturated carbocycles. The normalized spacial score (nSPS) is 26.0. The van der Waals surface area contributed by atoms with Gasteiger partial charge in [-0.05, 0) is 51.6 Å². The summed E-state index contributed by atoms with van der Waals surface area (Å²) in [5.41, 5.74) is 0. The molecule has 1 aliphatic carbocycles. The molecule has 1 N–H and O–H groups in total. The minimum absolute atomic E-state index is 0.485. The fourth-order valence-corrected chi connectivity index (χ4v) is 3.18. The SMILES string of the molecule is CN(CCNCC1CCCC1)CC1CCCCO1. The summed E-state index contributed by atoms with van der Waals surface area (Å²) in [6, 6.07) is 0. The maximum Gasteiger partial charge on any atom is 0.0701 e. The van der Waals surface area contributed by atoms with E-state index in [1.165, 1.54) is 51.5 Å². The average molecular weight is 254 g/mol. The van der Waals surface area contributed by atoms with Crippen LogP contribution < -0.4 is 5.32 Å². The third-order valence-electron chi connectivity index (χ3n) is 4.37. The number of ether oxygens (including phenoxy) is 1. The van der Waals surface area contributed by atoms with Gasteiger partial charge in [0.15, 0.2) is 0 Å². The quantitative estimate of drug-likeness (QED) is 0.705. The summed E-state index contributed by atoms with van der Waals surface area (Å²) in [6.07, 6.45) is 10.1. The van der Waals surface area contributed by atoms with E-state index in [4.69, 9.17) is 4.74 Å². The average Bonchev–Trinajstić information content (AvgIpc) is 2.89. The van der Waals surface area contributed by atoms with Crippen molar-refractivity contribution in [3.8, 4) is 0 Å². The first-order valence-electron chi connectivity index (χ1n) is 7.85. The summed E-state index contributed by atoms with van der Waals surface area (Å²) in [4.78, 5) is 2.41. The number of hydrogen-bond acceptors (Lipinski definition) is 3. The van der Waals surface area contributed by atoms with Gasteiger partial charge in [-0.3, -0.25) is 0 Å². The zero-order valence-corrected chi connectivity index (χ0v) is 12.0. The highest BCUT2D eigenvalue weighted by Crippen LogP contribution is 2.23. The first-order chi connectivity index (χ1) is 8.84. The van der Waals surface area contributed by atoms with E-state index in [0.717, 1.165) is 32.2 Å². The molecule has 1 heterocycles. The van der Waals surface area contributed by atoms with Crippen molar-refractivity contribution in [2.24, 2.45) is 5.92 Å². The summed E-state index contributed by atoms with van der Waals surface area (Å²) in [6.45, 7) is 5.57. The van der Waals surface area contributed by atoms with E-state index >= 15 is 0 Å². The maximum atomic E-state index is 5.77. The lowest BCUT2D eigenvalue weighted by Crippen LogP contribution is -2.37. The zero-order chi connectivity index (χ0) is 12.6. The van der Waals surface area contributed by atoms with Gasteiger partial charge >= 0.3 is 0 Å². The molecule has 2 rings (SSSR count). The number of rotatable bonds is 7. The lowest BCUT2D eigenvalue weighted by Gasteiger charge is -2.27. The molecule has 0 aromatic carbocycles. The molecule has 106 valence electrons. The molecule has 1 atom stereocenters. The van der Waals surface area contributed by atoms with Gasteiger partial charge in [0.2, 0.25) is 0 Å². The number of hydrogen-bond donors (Lipinski definition) is 1. The predicted octanol–water partition coefficient (Wildman–Crippen LogP) is 2.27. The third-order valence-corrected chi connectivity index (χ3v) is 4.37. The van der Waals surface area contributed by atoms with Crippen LogP contribution in [-0.2, 0) is 4.74 Å². The molecule has 2 fully saturated rings. The second-order valence-corrected chi connectivity index (χ2v) is 6.11. The Morgan fingerprint density at radius 2 is 1.89 bits per heavy atom. The van der Waals surface area contributed by atoms with Crippen molar-refractivity contribution < 1.29 is 4.74 Å². The summed E-state index contributed by atoms with van der Waals surface area (Å²) < 4.78 is 5.77. The summed E-state index contributed by atoms with van der Waals surface area (Å²) in [5.74, 6) is 0.956. The standard InChI is InChI=1S/C15H30N2O/c1-17(13-15-8-4-5-11-18-15)10-9-16-12-14-6-2-3-7-14/h14-16H,2-13H2,1H3. The maximum absolute atomic E-state index is 5.77. The van der Waals surface area contributed by atoms with Crippen LogP contribution in [0, 0.1) is 5.92 Å². The molecular weight excluding hydrogens is 224 g/mol. The Morgan fingerprint density at radius 1 is 1.11 bits per heavy atom. The molecule has 0 bridgehead atoms. The van der Waals surface area contributed by atoms with Crippen molar-refractivity contribution in [1.29, 1.82) is 0 Å². The van der Waals surface area contributed by atoms with Crippen molar-refractivity contribution >= 4 is 0 Å². The number of nitrogens with zero attached hydrogens (tertiary/aromatic N) is 1. The van der Waals surface area contributed by atoms with Crippen LogP contribution in [0.1, 0.15) is 44.9 Å². The Kier molecular flexibility index (Phi) is 6.46. The Morgan fingerprint density at radius 3 is 2.61 bits per heavy atom. The van der Waals surface area contributed by atoms with Crippen LogP contribution in [0.2, 0.25) is 0 Å². The lowest BCUT2D eigenvalue weighted by atomic mass is 10.1. The Balaban J connectivity index is 1.47. The molecule has 0 radical (unpaired) electrons. The smallest absolute Gasteiger partial charge is 0.0701 e. The minimum atomic E-state index is 0.485. The second kappa shape index (κ2) is 8.13. The number of nitrogens with one attached hydrogen (secondary N) is 1. The largest absolute Gasteiger partial charge is 0.377 e. The molecule has 0 aromatic heterocycles. The van der Waals surface area contributed by atoms with Crippen molar-refractivity contribution in [3.63, 3.8) is 0 Å². The predicted molar refractivity (Wildman–Crippen MR) is 75.9 cm³/mol. The highest BCUT2D eigenvalue weighted by Gasteiger charge is 2.16. The van der Waals surface area contributed by atoms with Gasteiger partial charge in [-0.15, -0.1) is 0 Å². The van der Waals surface area contributed by atoms with Gasteiger partial charge in [-0.25, -0.2) is 0 Å². The van der Waals surface area contributed by atoms with E-state index in [0.29, 0.717) is 6.10 Å². The van der Waals surface area contributed by atoms with Gasteiger partial charge in [0, 0.05) is 26.2 Å². The van der Waals surface area contributed by atoms with Gasteiger partial charge in [-0.2, -0.15) is 0 Å². The van der Waals surface area contributed by atoms with E-state index in [1.807, 2.05) is 0 Å². The van der Waals surface area contributed by atoms with E-state index in [9.17, 15) is 0 Å². The van der Waals surface area contributed by atoms with E-state index in [1.54, 1.807) is 0 Å². The van der Waals surface area contributed by atoms with Gasteiger partial charge < -0.3 is 15.0 Å². The first-order valence-corrected chi connectivity index (χ1v) is 7.85. The fourth-order valence-electron chi connectivity index (χ4n) is 3.18. The van der Waals surface area contributed by atoms with Crippen LogP contribution in [0.3, 0.4) is 0 Å². The van der Waals surface area contributed by atoms with Crippen LogP contribution in [-0.4, -0.2) is 50.8 Å². The third kappa shape index (κ3) is 5.25. The Hall–Kier alpha value is -0.120. The Bertz CT molecular complexity index is 211. The molecule has 2 aliphatic rings. The van der Waals surface area contributed by atoms with Gasteiger partial charge in [0.05, 0.1) is 6.10 Å². The molecule has 0 spiro atoms. The summed E-state index contributed by atoms with van der Waals surface area (Å²) in [5, 5.41) is 3.61. The topological polar surface area (TPSA) is 24.5 Å². The highest BCUT2D eigenvalue weighted by molar-refractivity contribution is 4.71. The molecule has 1 saturated heterocycles. The van der Waals surface area contributed by atoms with Crippen LogP contribution in [0.4, 0.5) is 0 Å². The lowest BCUT2D eigenvalue weighted by molar-refractivity contribution is -0.00124. The Labute approximate surface area is 112 Å². The van der Waals surface area contributed by atoms with E-state index in [2.05, 4.69) is 17.3 Å². The molecule has 18 heavy (non-hydrogen) atoms. The molecule has 1 aliphatic heterocycles. The van der Waals surface area contributed by atoms with Crippen molar-refractivity contribution in [1.82, 2.24) is 10.2 Å². The van der Waals surface area contributed by atoms with Crippen LogP contribution in [0.15, 0.2) is 0 Å². The van der Waals surface area contributed by atoms with Crippen molar-refractivity contribution in [2.75, 3.05) is 39.8 Å². The van der Waals surface area contributed by atoms with Gasteiger partial charge in [-0.1, -0.05) is 12.8 Å². The van der Waals surface area contributed by atoms with Gasteiger partial charge in [0.1, 0.15) is 0 Å². The van der Waals surface area contributed by atoms with E-state index in [-0.39, 0.29) is 0 Å². The summed E-state index contributed by atoms with van der Waals surface area (Å²) in [7, 11) is 2.22. The first kappa shape index (κ1) is 14.3. The van der Waals surface area contributed by atoms with Crippen LogP contribution in [0.25, 0.3) is 0 Å².